The van der Waals surface area contributed by atoms with Crippen molar-refractivity contribution in [2.45, 2.75) is 38.6 Å². The predicted octanol–water partition coefficient (Wildman–Crippen LogP) is 2.17. The number of hydrogen-bond acceptors (Lipinski definition) is 3. The molecule has 0 radical (unpaired) electrons. The Morgan fingerprint density at radius 2 is 2.33 bits per heavy atom. The molecule has 2 aliphatic heterocycles. The first-order valence-electron chi connectivity index (χ1n) is 8.78. The molecule has 0 bridgehead atoms. The Morgan fingerprint density at radius 1 is 1.46 bits per heavy atom. The monoisotopic (exact) mass is 444 g/mol. The highest BCUT2D eigenvalue weighted by Gasteiger charge is 2.22. The van der Waals surface area contributed by atoms with E-state index in [-0.39, 0.29) is 24.0 Å². The van der Waals surface area contributed by atoms with Crippen molar-refractivity contribution in [2.75, 3.05) is 32.8 Å². The lowest BCUT2D eigenvalue weighted by Gasteiger charge is -2.20. The fourth-order valence-corrected chi connectivity index (χ4v) is 3.51. The molecule has 0 amide bonds. The smallest absolute Gasteiger partial charge is 0.188 e. The molecule has 0 spiro atoms. The number of nitrogens with two attached hydrogens (primary N) is 1. The van der Waals surface area contributed by atoms with Gasteiger partial charge in [0.2, 0.25) is 0 Å². The van der Waals surface area contributed by atoms with E-state index >= 15 is 0 Å². The van der Waals surface area contributed by atoms with Gasteiger partial charge < -0.3 is 15.8 Å². The summed E-state index contributed by atoms with van der Waals surface area (Å²) in [5.74, 6) is 1.61. The minimum Gasteiger partial charge on any atom is -0.493 e. The van der Waals surface area contributed by atoms with Crippen LogP contribution in [0.2, 0.25) is 0 Å². The van der Waals surface area contributed by atoms with Crippen LogP contribution in [0.15, 0.2) is 23.2 Å². The first kappa shape index (κ1) is 19.3. The molecule has 0 aliphatic carbocycles. The number of likely N-dealkylation sites (tertiary alicyclic amines) is 1. The zero-order chi connectivity index (χ0) is 16.1. The zero-order valence-electron chi connectivity index (χ0n) is 14.5. The van der Waals surface area contributed by atoms with Crippen molar-refractivity contribution in [1.82, 2.24) is 10.2 Å². The third-order valence-corrected chi connectivity index (χ3v) is 4.85. The average molecular weight is 444 g/mol. The van der Waals surface area contributed by atoms with Gasteiger partial charge in [-0.3, -0.25) is 9.89 Å². The fraction of sp³-hybridized carbons (Fsp3) is 0.611. The second-order valence-corrected chi connectivity index (χ2v) is 6.37. The van der Waals surface area contributed by atoms with Crippen molar-refractivity contribution in [2.24, 2.45) is 10.7 Å². The summed E-state index contributed by atoms with van der Waals surface area (Å²) in [5, 5.41) is 3.23. The number of rotatable bonds is 6. The number of ether oxygens (including phenoxy) is 1. The maximum Gasteiger partial charge on any atom is 0.188 e. The number of hydrogen-bond donors (Lipinski definition) is 2. The lowest BCUT2D eigenvalue weighted by molar-refractivity contribution is 0.273. The van der Waals surface area contributed by atoms with Crippen molar-refractivity contribution in [3.05, 3.63) is 29.3 Å². The van der Waals surface area contributed by atoms with E-state index in [0.29, 0.717) is 12.0 Å². The van der Waals surface area contributed by atoms with Crippen molar-refractivity contribution in [3.8, 4) is 5.75 Å². The van der Waals surface area contributed by atoms with E-state index in [2.05, 4.69) is 40.3 Å². The Kier molecular flexibility index (Phi) is 7.61. The topological polar surface area (TPSA) is 62.9 Å². The van der Waals surface area contributed by atoms with Crippen molar-refractivity contribution in [1.29, 1.82) is 0 Å². The maximum absolute atomic E-state index is 5.99. The summed E-state index contributed by atoms with van der Waals surface area (Å²) in [6.45, 7) is 6.96. The molecule has 0 saturated carbocycles. The second-order valence-electron chi connectivity index (χ2n) is 6.37. The molecule has 24 heavy (non-hydrogen) atoms. The molecule has 0 aromatic heterocycles. The quantitative estimate of drug-likeness (QED) is 0.401. The van der Waals surface area contributed by atoms with Crippen molar-refractivity contribution >= 4 is 29.9 Å². The van der Waals surface area contributed by atoms with Crippen LogP contribution in [0.1, 0.15) is 30.9 Å². The van der Waals surface area contributed by atoms with E-state index < -0.39 is 0 Å². The number of halogens is 1. The van der Waals surface area contributed by atoms with Gasteiger partial charge in [-0.05, 0) is 49.5 Å². The molecule has 1 fully saturated rings. The molecule has 5 nitrogen and oxygen atoms in total. The standard InChI is InChI=1S/C18H28N4O.HI/c1-2-22-10-3-4-16(22)13-21-18(19)20-9-7-14-5-6-17-15(12-14)8-11-23-17;/h5-6,12,16H,2-4,7-11,13H2,1H3,(H3,19,20,21);1H. The van der Waals surface area contributed by atoms with Gasteiger partial charge in [0.05, 0.1) is 13.2 Å². The second kappa shape index (κ2) is 9.46. The van der Waals surface area contributed by atoms with Gasteiger partial charge in [0.15, 0.2) is 5.96 Å². The van der Waals surface area contributed by atoms with Gasteiger partial charge in [-0.2, -0.15) is 0 Å². The molecule has 2 aliphatic rings. The number of benzene rings is 1. The van der Waals surface area contributed by atoms with Crippen LogP contribution in [0.4, 0.5) is 0 Å². The minimum atomic E-state index is 0. The number of nitrogens with zero attached hydrogens (tertiary/aromatic N) is 2. The Morgan fingerprint density at radius 3 is 3.17 bits per heavy atom. The Balaban J connectivity index is 0.00000208. The molecule has 1 saturated heterocycles. The van der Waals surface area contributed by atoms with E-state index in [1.54, 1.807) is 0 Å². The number of nitrogens with one attached hydrogen (secondary N) is 1. The van der Waals surface area contributed by atoms with E-state index in [4.69, 9.17) is 10.5 Å². The molecule has 6 heteroatoms. The van der Waals surface area contributed by atoms with Crippen molar-refractivity contribution in [3.63, 3.8) is 0 Å². The summed E-state index contributed by atoms with van der Waals surface area (Å²) < 4.78 is 5.54. The van der Waals surface area contributed by atoms with Crippen LogP contribution in [-0.4, -0.2) is 49.7 Å². The predicted molar refractivity (Wildman–Crippen MR) is 110 cm³/mol. The van der Waals surface area contributed by atoms with Gasteiger partial charge >= 0.3 is 0 Å². The number of likely N-dealkylation sites (N-methyl/N-ethyl adjacent to an activating group) is 1. The SMILES string of the molecule is CCN1CCCC1CN=C(N)NCCc1ccc2c(c1)CCO2.I. The maximum atomic E-state index is 5.99. The minimum absolute atomic E-state index is 0. The first-order chi connectivity index (χ1) is 11.3. The normalized spacial score (nSPS) is 20.4. The van der Waals surface area contributed by atoms with Gasteiger partial charge in [0.25, 0.3) is 0 Å². The summed E-state index contributed by atoms with van der Waals surface area (Å²) in [5.41, 5.74) is 8.64. The molecule has 1 unspecified atom stereocenters. The zero-order valence-corrected chi connectivity index (χ0v) is 16.8. The Hall–Kier alpha value is -1.02. The summed E-state index contributed by atoms with van der Waals surface area (Å²) in [4.78, 5) is 7.00. The highest BCUT2D eigenvalue weighted by atomic mass is 127. The van der Waals surface area contributed by atoms with Crippen LogP contribution < -0.4 is 15.8 Å². The van der Waals surface area contributed by atoms with Gasteiger partial charge in [-0.15, -0.1) is 24.0 Å². The molecule has 1 atom stereocenters. The number of aliphatic imine (C=N–C) groups is 1. The molecule has 1 aromatic rings. The van der Waals surface area contributed by atoms with Crippen LogP contribution in [0.5, 0.6) is 5.75 Å². The summed E-state index contributed by atoms with van der Waals surface area (Å²) in [6, 6.07) is 7.03. The third kappa shape index (κ3) is 4.99. The van der Waals surface area contributed by atoms with Crippen LogP contribution in [0.3, 0.4) is 0 Å². The van der Waals surface area contributed by atoms with E-state index in [9.17, 15) is 0 Å². The van der Waals surface area contributed by atoms with Gasteiger partial charge in [0, 0.05) is 19.0 Å². The van der Waals surface area contributed by atoms with Crippen molar-refractivity contribution < 1.29 is 4.74 Å². The molecule has 134 valence electrons. The molecule has 1 aromatic carbocycles. The number of fused-ring (bicyclic) bond motifs is 1. The Bertz CT molecular complexity index is 564. The van der Waals surface area contributed by atoms with E-state index in [1.807, 2.05) is 0 Å². The summed E-state index contributed by atoms with van der Waals surface area (Å²) in [7, 11) is 0. The highest BCUT2D eigenvalue weighted by molar-refractivity contribution is 14.0. The summed E-state index contributed by atoms with van der Waals surface area (Å²) in [6.07, 6.45) is 4.49. The van der Waals surface area contributed by atoms with Gasteiger partial charge in [-0.1, -0.05) is 19.1 Å². The third-order valence-electron chi connectivity index (χ3n) is 4.85. The van der Waals surface area contributed by atoms with Crippen LogP contribution in [0, 0.1) is 0 Å². The van der Waals surface area contributed by atoms with Crippen LogP contribution >= 0.6 is 24.0 Å². The van der Waals surface area contributed by atoms with E-state index in [1.165, 1.54) is 30.5 Å². The molecule has 3 rings (SSSR count). The molecular weight excluding hydrogens is 415 g/mol. The molecule has 3 N–H and O–H groups in total. The largest absolute Gasteiger partial charge is 0.493 e. The first-order valence-corrected chi connectivity index (χ1v) is 8.78. The summed E-state index contributed by atoms with van der Waals surface area (Å²) >= 11 is 0. The van der Waals surface area contributed by atoms with Crippen LogP contribution in [0.25, 0.3) is 0 Å². The average Bonchev–Trinajstić information content (AvgIpc) is 3.21. The Labute approximate surface area is 162 Å². The lowest BCUT2D eigenvalue weighted by Crippen LogP contribution is -2.36. The van der Waals surface area contributed by atoms with Gasteiger partial charge in [-0.25, -0.2) is 0 Å². The molecular formula is C18H29IN4O. The fourth-order valence-electron chi connectivity index (χ4n) is 3.51. The van der Waals surface area contributed by atoms with E-state index in [0.717, 1.165) is 44.8 Å². The van der Waals surface area contributed by atoms with Crippen LogP contribution in [-0.2, 0) is 12.8 Å². The number of guanidine groups is 1. The lowest BCUT2D eigenvalue weighted by atomic mass is 10.1. The highest BCUT2D eigenvalue weighted by Crippen LogP contribution is 2.25. The van der Waals surface area contributed by atoms with Gasteiger partial charge in [0.1, 0.15) is 5.75 Å². The molecule has 2 heterocycles.